The maximum Gasteiger partial charge on any atom is 0.227 e. The molecule has 0 spiro atoms. The van der Waals surface area contributed by atoms with Crippen LogP contribution in [0.1, 0.15) is 32.4 Å². The molecule has 2 aromatic rings. The van der Waals surface area contributed by atoms with E-state index in [0.29, 0.717) is 23.6 Å². The van der Waals surface area contributed by atoms with Crippen molar-refractivity contribution in [3.05, 3.63) is 36.2 Å². The molecular formula is C25H36N6O3. The van der Waals surface area contributed by atoms with Crippen molar-refractivity contribution in [3.8, 4) is 5.75 Å². The molecule has 184 valence electrons. The molecule has 1 N–H and O–H groups in total. The molecule has 5 heterocycles. The number of nitrogens with zero attached hydrogens (tertiary/aromatic N) is 6. The van der Waals surface area contributed by atoms with Crippen molar-refractivity contribution < 1.29 is 14.6 Å². The molecule has 4 saturated heterocycles. The third-order valence-corrected chi connectivity index (χ3v) is 7.78. The lowest BCUT2D eigenvalue weighted by Crippen LogP contribution is -2.60. The van der Waals surface area contributed by atoms with Crippen molar-refractivity contribution in [3.63, 3.8) is 0 Å². The van der Waals surface area contributed by atoms with Crippen molar-refractivity contribution >= 4 is 11.6 Å². The number of rotatable bonds is 6. The molecule has 9 nitrogen and oxygen atoms in total. The number of para-hydroxylation sites is 2. The van der Waals surface area contributed by atoms with Crippen LogP contribution < -0.4 is 9.64 Å². The van der Waals surface area contributed by atoms with E-state index < -0.39 is 5.60 Å². The summed E-state index contributed by atoms with van der Waals surface area (Å²) in [4.78, 5) is 20.3. The van der Waals surface area contributed by atoms with Gasteiger partial charge in [0.15, 0.2) is 0 Å². The fourth-order valence-electron chi connectivity index (χ4n) is 5.79. The van der Waals surface area contributed by atoms with Crippen LogP contribution in [0.5, 0.6) is 5.75 Å². The molecule has 4 aliphatic rings. The van der Waals surface area contributed by atoms with Gasteiger partial charge in [0.25, 0.3) is 0 Å². The number of piperazine rings is 1. The molecule has 4 atom stereocenters. The Morgan fingerprint density at radius 2 is 1.94 bits per heavy atom. The Kier molecular flexibility index (Phi) is 6.24. The summed E-state index contributed by atoms with van der Waals surface area (Å²) in [6, 6.07) is 8.45. The number of ether oxygens (including phenoxy) is 1. The first kappa shape index (κ1) is 23.1. The van der Waals surface area contributed by atoms with Crippen molar-refractivity contribution in [1.29, 1.82) is 0 Å². The highest BCUT2D eigenvalue weighted by atomic mass is 16.5. The van der Waals surface area contributed by atoms with Gasteiger partial charge in [-0.1, -0.05) is 17.3 Å². The molecule has 9 heteroatoms. The molecule has 2 bridgehead atoms. The SMILES string of the molecule is COc1ccccc1N1CCN(C(=O)C2CN3CCC2CC3Cn2cc(C(C)(C)O)nn2)CC1. The van der Waals surface area contributed by atoms with Gasteiger partial charge in [-0.05, 0) is 51.3 Å². The van der Waals surface area contributed by atoms with Gasteiger partial charge < -0.3 is 19.6 Å². The van der Waals surface area contributed by atoms with E-state index in [4.69, 9.17) is 4.74 Å². The van der Waals surface area contributed by atoms with Gasteiger partial charge in [0.1, 0.15) is 17.0 Å². The molecule has 0 radical (unpaired) electrons. The van der Waals surface area contributed by atoms with Gasteiger partial charge in [0, 0.05) is 38.8 Å². The Hall–Kier alpha value is -2.65. The molecule has 1 aromatic heterocycles. The summed E-state index contributed by atoms with van der Waals surface area (Å²) >= 11 is 0. The number of fused-ring (bicyclic) bond motifs is 3. The summed E-state index contributed by atoms with van der Waals surface area (Å²) < 4.78 is 7.36. The Labute approximate surface area is 201 Å². The number of carbonyl (C=O) groups is 1. The van der Waals surface area contributed by atoms with Crippen LogP contribution in [0.4, 0.5) is 5.69 Å². The molecule has 1 amide bonds. The number of hydrogen-bond acceptors (Lipinski definition) is 7. The third-order valence-electron chi connectivity index (χ3n) is 7.78. The fourth-order valence-corrected chi connectivity index (χ4v) is 5.79. The summed E-state index contributed by atoms with van der Waals surface area (Å²) in [5, 5.41) is 18.5. The maximum absolute atomic E-state index is 13.5. The standard InChI is InChI=1S/C25H36N6O3/c1-25(2,33)23-17-31(27-26-23)15-19-14-18-8-9-30(19)16-20(18)24(32)29-12-10-28(11-13-29)21-6-4-5-7-22(21)34-3/h4-7,17-20,33H,8-16H2,1-3H3. The maximum atomic E-state index is 13.5. The van der Waals surface area contributed by atoms with Gasteiger partial charge in [0.05, 0.1) is 31.5 Å². The number of aliphatic hydroxyl groups is 1. The van der Waals surface area contributed by atoms with E-state index in [9.17, 15) is 9.90 Å². The molecular weight excluding hydrogens is 432 g/mol. The van der Waals surface area contributed by atoms with Crippen LogP contribution in [-0.2, 0) is 16.9 Å². The third kappa shape index (κ3) is 4.51. The van der Waals surface area contributed by atoms with Crippen LogP contribution in [0, 0.1) is 11.8 Å². The minimum Gasteiger partial charge on any atom is -0.495 e. The van der Waals surface area contributed by atoms with Crippen LogP contribution in [0.3, 0.4) is 0 Å². The van der Waals surface area contributed by atoms with E-state index in [1.807, 2.05) is 29.1 Å². The minimum atomic E-state index is -0.989. The highest BCUT2D eigenvalue weighted by molar-refractivity contribution is 5.80. The normalized spacial score (nSPS) is 27.2. The average molecular weight is 469 g/mol. The zero-order chi connectivity index (χ0) is 23.9. The lowest BCUT2D eigenvalue weighted by atomic mass is 9.75. The number of anilines is 1. The Bertz CT molecular complexity index is 1010. The molecule has 4 fully saturated rings. The predicted molar refractivity (Wildman–Crippen MR) is 129 cm³/mol. The first-order valence-electron chi connectivity index (χ1n) is 12.4. The monoisotopic (exact) mass is 468 g/mol. The molecule has 0 aliphatic carbocycles. The van der Waals surface area contributed by atoms with Crippen molar-refractivity contribution in [2.45, 2.75) is 44.9 Å². The fraction of sp³-hybridized carbons (Fsp3) is 0.640. The van der Waals surface area contributed by atoms with Crippen LogP contribution >= 0.6 is 0 Å². The van der Waals surface area contributed by atoms with Crippen LogP contribution in [0.2, 0.25) is 0 Å². The van der Waals surface area contributed by atoms with Crippen molar-refractivity contribution in [1.82, 2.24) is 24.8 Å². The van der Waals surface area contributed by atoms with Gasteiger partial charge in [-0.15, -0.1) is 5.10 Å². The summed E-state index contributed by atoms with van der Waals surface area (Å²) in [5.74, 6) is 1.71. The highest BCUT2D eigenvalue weighted by Crippen LogP contribution is 2.38. The van der Waals surface area contributed by atoms with Crippen molar-refractivity contribution in [2.75, 3.05) is 51.3 Å². The Morgan fingerprint density at radius 1 is 1.18 bits per heavy atom. The van der Waals surface area contributed by atoms with Gasteiger partial charge in [-0.2, -0.15) is 0 Å². The topological polar surface area (TPSA) is 87.0 Å². The second kappa shape index (κ2) is 9.19. The second-order valence-electron chi connectivity index (χ2n) is 10.4. The van der Waals surface area contributed by atoms with E-state index >= 15 is 0 Å². The van der Waals surface area contributed by atoms with E-state index in [1.54, 1.807) is 21.0 Å². The number of carbonyl (C=O) groups excluding carboxylic acids is 1. The van der Waals surface area contributed by atoms with E-state index in [-0.39, 0.29) is 5.92 Å². The van der Waals surface area contributed by atoms with Gasteiger partial charge in [0.2, 0.25) is 5.91 Å². The van der Waals surface area contributed by atoms with E-state index in [2.05, 4.69) is 31.1 Å². The summed E-state index contributed by atoms with van der Waals surface area (Å²) in [5.41, 5.74) is 0.699. The number of aromatic nitrogens is 3. The number of amides is 1. The average Bonchev–Trinajstić information content (AvgIpc) is 3.33. The first-order chi connectivity index (χ1) is 16.3. The predicted octanol–water partition coefficient (Wildman–Crippen LogP) is 1.57. The first-order valence-corrected chi connectivity index (χ1v) is 12.4. The van der Waals surface area contributed by atoms with Crippen LogP contribution in [0.15, 0.2) is 30.5 Å². The van der Waals surface area contributed by atoms with Gasteiger partial charge in [-0.25, -0.2) is 0 Å². The molecule has 4 unspecified atom stereocenters. The second-order valence-corrected chi connectivity index (χ2v) is 10.4. The lowest BCUT2D eigenvalue weighted by molar-refractivity contribution is -0.144. The number of hydrogen-bond donors (Lipinski definition) is 1. The van der Waals surface area contributed by atoms with Gasteiger partial charge in [-0.3, -0.25) is 14.4 Å². The molecule has 1 aromatic carbocycles. The largest absolute Gasteiger partial charge is 0.495 e. The highest BCUT2D eigenvalue weighted by Gasteiger charge is 2.45. The molecule has 6 rings (SSSR count). The number of piperidine rings is 3. The summed E-state index contributed by atoms with van der Waals surface area (Å²) in [7, 11) is 1.70. The number of methoxy groups -OCH3 is 1. The Morgan fingerprint density at radius 3 is 2.59 bits per heavy atom. The zero-order valence-electron chi connectivity index (χ0n) is 20.4. The van der Waals surface area contributed by atoms with Crippen molar-refractivity contribution in [2.24, 2.45) is 11.8 Å². The molecule has 0 saturated carbocycles. The smallest absolute Gasteiger partial charge is 0.227 e. The van der Waals surface area contributed by atoms with E-state index in [0.717, 1.165) is 70.1 Å². The van der Waals surface area contributed by atoms with Crippen LogP contribution in [-0.4, -0.2) is 88.2 Å². The quantitative estimate of drug-likeness (QED) is 0.689. The molecule has 34 heavy (non-hydrogen) atoms. The van der Waals surface area contributed by atoms with Gasteiger partial charge >= 0.3 is 0 Å². The zero-order valence-corrected chi connectivity index (χ0v) is 20.4. The lowest BCUT2D eigenvalue weighted by Gasteiger charge is -2.50. The number of benzene rings is 1. The Balaban J connectivity index is 1.17. The summed E-state index contributed by atoms with van der Waals surface area (Å²) in [6.07, 6.45) is 3.93. The molecule has 4 aliphatic heterocycles. The minimum absolute atomic E-state index is 0.0884. The summed E-state index contributed by atoms with van der Waals surface area (Å²) in [6.45, 7) is 9.21. The van der Waals surface area contributed by atoms with E-state index in [1.165, 1.54) is 0 Å². The van der Waals surface area contributed by atoms with Crippen LogP contribution in [0.25, 0.3) is 0 Å².